The van der Waals surface area contributed by atoms with Crippen LogP contribution in [-0.2, 0) is 15.2 Å². The van der Waals surface area contributed by atoms with Crippen LogP contribution in [0.1, 0.15) is 11.8 Å². The van der Waals surface area contributed by atoms with Gasteiger partial charge in [0.05, 0.1) is 37.2 Å². The molecule has 3 aromatic rings. The number of thiophene rings is 1. The molecule has 0 amide bonds. The van der Waals surface area contributed by atoms with Crippen LogP contribution in [0.15, 0.2) is 53.8 Å². The lowest BCUT2D eigenvalue weighted by molar-refractivity contribution is 0.522. The van der Waals surface area contributed by atoms with Crippen LogP contribution < -0.4 is 5.73 Å². The third-order valence-electron chi connectivity index (χ3n) is 4.75. The van der Waals surface area contributed by atoms with Crippen LogP contribution in [0.2, 0.25) is 5.02 Å². The molecule has 0 aliphatic carbocycles. The summed E-state index contributed by atoms with van der Waals surface area (Å²) in [6, 6.07) is 11.8. The molecule has 0 radical (unpaired) electrons. The molecule has 2 N–H and O–H groups in total. The number of nitrogens with two attached hydrogens (primary N) is 1. The van der Waals surface area contributed by atoms with Crippen molar-refractivity contribution in [2.24, 2.45) is 10.7 Å². The number of hydrogen-bond acceptors (Lipinski definition) is 5. The lowest BCUT2D eigenvalue weighted by Gasteiger charge is -2.36. The maximum Gasteiger partial charge on any atom is 0.203 e. The Kier molecular flexibility index (Phi) is 4.52. The molecule has 2 aromatic heterocycles. The smallest absolute Gasteiger partial charge is 0.203 e. The summed E-state index contributed by atoms with van der Waals surface area (Å²) in [7, 11) is -0.915. The maximum absolute atomic E-state index is 12.9. The van der Waals surface area contributed by atoms with E-state index in [4.69, 9.17) is 17.3 Å². The minimum absolute atomic E-state index is 0.205. The second-order valence-electron chi connectivity index (χ2n) is 6.96. The summed E-state index contributed by atoms with van der Waals surface area (Å²) >= 11 is 8.08. The fraction of sp³-hybridized carbons (Fsp3) is 0.211. The van der Waals surface area contributed by atoms with Gasteiger partial charge >= 0.3 is 0 Å². The molecule has 146 valence electrons. The summed E-state index contributed by atoms with van der Waals surface area (Å²) in [6.45, 7) is 1.90. The molecule has 0 bridgehead atoms. The van der Waals surface area contributed by atoms with E-state index in [-0.39, 0.29) is 11.7 Å². The van der Waals surface area contributed by atoms with Gasteiger partial charge in [-0.15, -0.1) is 11.3 Å². The third-order valence-corrected chi connectivity index (χ3v) is 8.80. The Labute approximate surface area is 173 Å². The van der Waals surface area contributed by atoms with Crippen molar-refractivity contribution >= 4 is 44.5 Å². The number of nitrogens with zero attached hydrogens (tertiary/aromatic N) is 4. The molecule has 9 heteroatoms. The molecule has 0 saturated heterocycles. The van der Waals surface area contributed by atoms with E-state index in [2.05, 4.69) is 16.0 Å². The Bertz CT molecular complexity index is 1170. The predicted octanol–water partition coefficient (Wildman–Crippen LogP) is 3.36. The Balaban J connectivity index is 1.73. The van der Waals surface area contributed by atoms with Gasteiger partial charge in [-0.25, -0.2) is 13.9 Å². The van der Waals surface area contributed by atoms with E-state index in [0.29, 0.717) is 5.02 Å². The van der Waals surface area contributed by atoms with Crippen molar-refractivity contribution in [3.8, 4) is 16.1 Å². The van der Waals surface area contributed by atoms with Gasteiger partial charge in [0.25, 0.3) is 0 Å². The third kappa shape index (κ3) is 3.21. The van der Waals surface area contributed by atoms with Gasteiger partial charge in [0, 0.05) is 23.7 Å². The summed E-state index contributed by atoms with van der Waals surface area (Å²) in [5.41, 5.74) is 7.15. The molecule has 3 heterocycles. The molecule has 28 heavy (non-hydrogen) atoms. The van der Waals surface area contributed by atoms with Crippen LogP contribution >= 0.6 is 22.9 Å². The highest BCUT2D eigenvalue weighted by Gasteiger charge is 2.39. The van der Waals surface area contributed by atoms with E-state index in [0.717, 1.165) is 21.0 Å². The number of hydrogen-bond donors (Lipinski definition) is 1. The largest absolute Gasteiger partial charge is 0.369 e. The monoisotopic (exact) mass is 433 g/mol. The van der Waals surface area contributed by atoms with Crippen LogP contribution in [-0.4, -0.2) is 42.9 Å². The van der Waals surface area contributed by atoms with Crippen molar-refractivity contribution in [1.82, 2.24) is 14.1 Å². The lowest BCUT2D eigenvalue weighted by atomic mass is 10.0. The molecule has 0 fully saturated rings. The van der Waals surface area contributed by atoms with Gasteiger partial charge in [-0.2, -0.15) is 5.10 Å². The second-order valence-corrected chi connectivity index (χ2v) is 10.8. The van der Waals surface area contributed by atoms with Crippen molar-refractivity contribution in [3.05, 3.63) is 58.7 Å². The van der Waals surface area contributed by atoms with Crippen LogP contribution in [0.3, 0.4) is 0 Å². The molecule has 0 saturated carbocycles. The van der Waals surface area contributed by atoms with Crippen molar-refractivity contribution in [3.63, 3.8) is 0 Å². The van der Waals surface area contributed by atoms with E-state index >= 15 is 0 Å². The van der Waals surface area contributed by atoms with Gasteiger partial charge < -0.3 is 5.73 Å². The average Bonchev–Trinajstić information content (AvgIpc) is 3.27. The highest BCUT2D eigenvalue weighted by atomic mass is 35.5. The van der Waals surface area contributed by atoms with Gasteiger partial charge in [0.15, 0.2) is 0 Å². The zero-order valence-electron chi connectivity index (χ0n) is 15.5. The van der Waals surface area contributed by atoms with Crippen molar-refractivity contribution in [1.29, 1.82) is 0 Å². The second kappa shape index (κ2) is 6.65. The molecule has 1 aliphatic rings. The van der Waals surface area contributed by atoms with Crippen molar-refractivity contribution in [2.45, 2.75) is 12.5 Å². The minimum Gasteiger partial charge on any atom is -0.369 e. The molecule has 1 aliphatic heterocycles. The summed E-state index contributed by atoms with van der Waals surface area (Å²) in [5, 5.41) is 5.02. The van der Waals surface area contributed by atoms with Crippen LogP contribution in [0, 0.1) is 0 Å². The normalized spacial score (nSPS) is 25.0. The number of rotatable bonds is 3. The first-order chi connectivity index (χ1) is 13.2. The Hall–Kier alpha value is -2.29. The average molecular weight is 434 g/mol. The number of halogens is 1. The number of aromatic nitrogens is 2. The topological polar surface area (TPSA) is 76.5 Å². The zero-order valence-corrected chi connectivity index (χ0v) is 17.9. The van der Waals surface area contributed by atoms with Gasteiger partial charge in [-0.1, -0.05) is 29.8 Å². The summed E-state index contributed by atoms with van der Waals surface area (Å²) in [5.74, 6) is 4.31. The van der Waals surface area contributed by atoms with E-state index in [1.807, 2.05) is 54.2 Å². The first-order valence-corrected chi connectivity index (χ1v) is 11.6. The van der Waals surface area contributed by atoms with Crippen LogP contribution in [0.5, 0.6) is 0 Å². The minimum atomic E-state index is -2.56. The maximum atomic E-state index is 12.9. The zero-order chi connectivity index (χ0) is 20.1. The molecule has 6 nitrogen and oxygen atoms in total. The lowest BCUT2D eigenvalue weighted by Crippen LogP contribution is -2.50. The summed E-state index contributed by atoms with van der Waals surface area (Å²) < 4.78 is 16.2. The quantitative estimate of drug-likeness (QED) is 0.643. The highest BCUT2D eigenvalue weighted by molar-refractivity contribution is 7.98. The van der Waals surface area contributed by atoms with Crippen molar-refractivity contribution in [2.75, 3.05) is 12.8 Å². The van der Waals surface area contributed by atoms with Crippen LogP contribution in [0.4, 0.5) is 0 Å². The van der Waals surface area contributed by atoms with E-state index in [1.165, 1.54) is 15.6 Å². The number of guanidine groups is 1. The first kappa shape index (κ1) is 19.0. The van der Waals surface area contributed by atoms with Crippen molar-refractivity contribution < 1.29 is 4.21 Å². The summed E-state index contributed by atoms with van der Waals surface area (Å²) in [4.78, 5) is 6.38. The van der Waals surface area contributed by atoms with Crippen LogP contribution in [0.25, 0.3) is 16.1 Å². The number of benzene rings is 1. The molecule has 0 spiro atoms. The number of para-hydroxylation sites is 1. The van der Waals surface area contributed by atoms with E-state index in [1.54, 1.807) is 13.2 Å². The van der Waals surface area contributed by atoms with E-state index in [9.17, 15) is 4.21 Å². The standard InChI is InChI=1S/C19H20ClN5OS2/c1-19(12-28(3,26)24(2)18(21)23-19)17-15(20)9-16(27-17)13-10-22-25(11-13)14-7-5-4-6-8-14/h4-11H,3,12H2,1-2H3,(H2,21,23)/t19-,28?/m0/s1. The Morgan fingerprint density at radius 1 is 1.36 bits per heavy atom. The fourth-order valence-electron chi connectivity index (χ4n) is 3.23. The van der Waals surface area contributed by atoms with Gasteiger partial charge in [0.2, 0.25) is 5.96 Å². The van der Waals surface area contributed by atoms with Gasteiger partial charge in [-0.3, -0.25) is 4.31 Å². The van der Waals surface area contributed by atoms with E-state index < -0.39 is 15.2 Å². The molecule has 4 rings (SSSR count). The number of aliphatic imine (C=N–C) groups is 1. The Morgan fingerprint density at radius 2 is 2.07 bits per heavy atom. The fourth-order valence-corrected chi connectivity index (χ4v) is 6.59. The molecule has 2 atom stereocenters. The molecule has 1 aromatic carbocycles. The summed E-state index contributed by atoms with van der Waals surface area (Å²) in [6.07, 6.45) is 3.76. The first-order valence-electron chi connectivity index (χ1n) is 8.54. The van der Waals surface area contributed by atoms with Gasteiger partial charge in [-0.05, 0) is 31.0 Å². The molecular formula is C19H20ClN5OS2. The Morgan fingerprint density at radius 3 is 2.75 bits per heavy atom. The SMILES string of the molecule is C=S1(=O)C[C@@](C)(c2sc(-c3cnn(-c4ccccc4)c3)cc2Cl)N=C(N)N1C. The molecule has 1 unspecified atom stereocenters. The van der Waals surface area contributed by atoms with Gasteiger partial charge in [0.1, 0.15) is 5.54 Å². The molecular weight excluding hydrogens is 414 g/mol. The predicted molar refractivity (Wildman–Crippen MR) is 119 cm³/mol. The highest BCUT2D eigenvalue weighted by Crippen LogP contribution is 2.44.